The van der Waals surface area contributed by atoms with Crippen molar-refractivity contribution in [3.8, 4) is 23.0 Å². The number of carbonyl (C=O) groups excluding carboxylic acids is 2. The molecule has 0 aliphatic heterocycles. The molecule has 11 heteroatoms. The standard InChI is InChI=1S/C38H33NO9S/c1-44-32-18-14-30(15-19-32)38(28-9-5-3-6-10-28,29-11-7-4-8-12-29)49-24-23-36(40)48-34-22-13-27(25-35(34)45-2)26-46-37(41)47-33-20-16-31(17-21-33)39(42)43/h3-22,25H,23-24,26H2,1-2H3. The van der Waals surface area contributed by atoms with Crippen molar-refractivity contribution in [1.29, 1.82) is 0 Å². The zero-order valence-corrected chi connectivity index (χ0v) is 27.6. The first-order chi connectivity index (χ1) is 23.8. The van der Waals surface area contributed by atoms with Gasteiger partial charge in [0, 0.05) is 17.9 Å². The number of ether oxygens (including phenoxy) is 5. The zero-order chi connectivity index (χ0) is 34.6. The minimum Gasteiger partial charge on any atom is -0.497 e. The molecule has 0 saturated heterocycles. The lowest BCUT2D eigenvalue weighted by atomic mass is 9.84. The van der Waals surface area contributed by atoms with Crippen molar-refractivity contribution in [3.63, 3.8) is 0 Å². The number of esters is 1. The van der Waals surface area contributed by atoms with Gasteiger partial charge >= 0.3 is 12.1 Å². The summed E-state index contributed by atoms with van der Waals surface area (Å²) in [5.74, 6) is 1.36. The van der Waals surface area contributed by atoms with E-state index in [1.165, 1.54) is 31.4 Å². The maximum atomic E-state index is 13.2. The molecule has 0 N–H and O–H groups in total. The Morgan fingerprint density at radius 3 is 1.86 bits per heavy atom. The number of hydrogen-bond acceptors (Lipinski definition) is 10. The van der Waals surface area contributed by atoms with Crippen molar-refractivity contribution >= 4 is 29.6 Å². The number of nitro groups is 1. The molecule has 5 rings (SSSR count). The highest BCUT2D eigenvalue weighted by Crippen LogP contribution is 2.49. The number of methoxy groups -OCH3 is 2. The van der Waals surface area contributed by atoms with E-state index in [1.54, 1.807) is 37.1 Å². The molecule has 0 aromatic heterocycles. The number of benzene rings is 5. The molecule has 0 fully saturated rings. The van der Waals surface area contributed by atoms with Gasteiger partial charge in [0.1, 0.15) is 18.1 Å². The van der Waals surface area contributed by atoms with Crippen LogP contribution < -0.4 is 18.9 Å². The van der Waals surface area contributed by atoms with Crippen LogP contribution in [0, 0.1) is 10.1 Å². The monoisotopic (exact) mass is 679 g/mol. The first-order valence-corrected chi connectivity index (χ1v) is 16.2. The predicted molar refractivity (Wildman–Crippen MR) is 185 cm³/mol. The number of hydrogen-bond donors (Lipinski definition) is 0. The van der Waals surface area contributed by atoms with Crippen LogP contribution in [0.4, 0.5) is 10.5 Å². The van der Waals surface area contributed by atoms with Crippen LogP contribution in [0.3, 0.4) is 0 Å². The van der Waals surface area contributed by atoms with Gasteiger partial charge in [-0.05, 0) is 58.7 Å². The molecule has 0 heterocycles. The smallest absolute Gasteiger partial charge is 0.497 e. The fourth-order valence-corrected chi connectivity index (χ4v) is 6.66. The average molecular weight is 680 g/mol. The molecule has 10 nitrogen and oxygen atoms in total. The fraction of sp³-hybridized carbons (Fsp3) is 0.158. The summed E-state index contributed by atoms with van der Waals surface area (Å²) >= 11 is 1.64. The minimum absolute atomic E-state index is 0.0994. The zero-order valence-electron chi connectivity index (χ0n) is 26.8. The molecule has 0 atom stereocenters. The molecule has 0 saturated carbocycles. The summed E-state index contributed by atoms with van der Waals surface area (Å²) < 4.78 is 26.2. The number of nitro benzene ring substituents is 1. The minimum atomic E-state index is -0.988. The third-order valence-electron chi connectivity index (χ3n) is 7.54. The lowest BCUT2D eigenvalue weighted by Crippen LogP contribution is -2.26. The largest absolute Gasteiger partial charge is 0.514 e. The van der Waals surface area contributed by atoms with Gasteiger partial charge in [-0.3, -0.25) is 14.9 Å². The van der Waals surface area contributed by atoms with E-state index in [-0.39, 0.29) is 36.0 Å². The Balaban J connectivity index is 1.25. The molecule has 0 aliphatic carbocycles. The van der Waals surface area contributed by atoms with E-state index in [2.05, 4.69) is 36.4 Å². The molecular formula is C38H33NO9S. The summed E-state index contributed by atoms with van der Waals surface area (Å²) in [6.45, 7) is -0.153. The van der Waals surface area contributed by atoms with Gasteiger partial charge in [0.15, 0.2) is 11.5 Å². The van der Waals surface area contributed by atoms with Gasteiger partial charge in [0.25, 0.3) is 5.69 Å². The van der Waals surface area contributed by atoms with Gasteiger partial charge in [0.05, 0.1) is 30.3 Å². The van der Waals surface area contributed by atoms with Crippen molar-refractivity contribution in [2.45, 2.75) is 17.8 Å². The third-order valence-corrected chi connectivity index (χ3v) is 9.09. The Morgan fingerprint density at radius 2 is 1.29 bits per heavy atom. The average Bonchev–Trinajstić information content (AvgIpc) is 3.14. The summed E-state index contributed by atoms with van der Waals surface area (Å²) in [6, 6.07) is 38.2. The van der Waals surface area contributed by atoms with Crippen LogP contribution in [-0.2, 0) is 20.9 Å². The summed E-state index contributed by atoms with van der Waals surface area (Å²) in [6.07, 6.45) is -0.873. The highest BCUT2D eigenvalue weighted by molar-refractivity contribution is 8.00. The first kappa shape index (κ1) is 34.5. The van der Waals surface area contributed by atoms with Crippen molar-refractivity contribution in [2.75, 3.05) is 20.0 Å². The number of rotatable bonds is 14. The number of carbonyl (C=O) groups is 2. The molecule has 0 bridgehead atoms. The summed E-state index contributed by atoms with van der Waals surface area (Å²) in [7, 11) is 3.08. The van der Waals surface area contributed by atoms with E-state index >= 15 is 0 Å². The molecule has 49 heavy (non-hydrogen) atoms. The van der Waals surface area contributed by atoms with Gasteiger partial charge < -0.3 is 23.7 Å². The van der Waals surface area contributed by atoms with Gasteiger partial charge in [-0.2, -0.15) is 0 Å². The Kier molecular flexibility index (Phi) is 11.5. The SMILES string of the molecule is COc1ccc(C(SCCC(=O)Oc2ccc(COC(=O)Oc3ccc([N+](=O)[O-])cc3)cc2OC)(c2ccccc2)c2ccccc2)cc1. The van der Waals surface area contributed by atoms with E-state index < -0.39 is 21.8 Å². The van der Waals surface area contributed by atoms with Crippen LogP contribution in [0.2, 0.25) is 0 Å². The van der Waals surface area contributed by atoms with Gasteiger partial charge in [-0.1, -0.05) is 78.9 Å². The van der Waals surface area contributed by atoms with E-state index in [0.29, 0.717) is 11.3 Å². The van der Waals surface area contributed by atoms with E-state index in [9.17, 15) is 19.7 Å². The fourth-order valence-electron chi connectivity index (χ4n) is 5.17. The summed E-state index contributed by atoms with van der Waals surface area (Å²) in [4.78, 5) is 35.6. The quantitative estimate of drug-likeness (QED) is 0.0282. The maximum Gasteiger partial charge on any atom is 0.514 e. The second-order valence-electron chi connectivity index (χ2n) is 10.6. The second-order valence-corrected chi connectivity index (χ2v) is 11.9. The van der Waals surface area contributed by atoms with Crippen LogP contribution >= 0.6 is 11.8 Å². The number of thioether (sulfide) groups is 1. The topological polar surface area (TPSA) is 123 Å². The highest BCUT2D eigenvalue weighted by Gasteiger charge is 2.37. The molecule has 5 aromatic rings. The van der Waals surface area contributed by atoms with Crippen LogP contribution in [-0.4, -0.2) is 37.0 Å². The van der Waals surface area contributed by atoms with Crippen LogP contribution in [0.25, 0.3) is 0 Å². The Bertz CT molecular complexity index is 1830. The maximum absolute atomic E-state index is 13.2. The molecule has 0 amide bonds. The molecule has 5 aromatic carbocycles. The molecule has 0 unspecified atom stereocenters. The van der Waals surface area contributed by atoms with Crippen molar-refractivity contribution < 1.29 is 38.2 Å². The first-order valence-electron chi connectivity index (χ1n) is 15.2. The molecule has 250 valence electrons. The normalized spacial score (nSPS) is 10.9. The van der Waals surface area contributed by atoms with E-state index in [0.717, 1.165) is 22.4 Å². The van der Waals surface area contributed by atoms with Gasteiger partial charge in [-0.25, -0.2) is 4.79 Å². The molecule has 0 radical (unpaired) electrons. The van der Waals surface area contributed by atoms with Crippen LogP contribution in [0.15, 0.2) is 127 Å². The van der Waals surface area contributed by atoms with E-state index in [1.807, 2.05) is 48.5 Å². The van der Waals surface area contributed by atoms with Crippen molar-refractivity contribution in [2.24, 2.45) is 0 Å². The Hall–Kier alpha value is -5.81. The van der Waals surface area contributed by atoms with Crippen LogP contribution in [0.5, 0.6) is 23.0 Å². The molecule has 0 spiro atoms. The highest BCUT2D eigenvalue weighted by atomic mass is 32.2. The summed E-state index contributed by atoms with van der Waals surface area (Å²) in [5, 5.41) is 10.8. The van der Waals surface area contributed by atoms with Gasteiger partial charge in [0.2, 0.25) is 0 Å². The van der Waals surface area contributed by atoms with Crippen molar-refractivity contribution in [3.05, 3.63) is 160 Å². The van der Waals surface area contributed by atoms with Gasteiger partial charge in [-0.15, -0.1) is 11.8 Å². The molecular weight excluding hydrogens is 646 g/mol. The predicted octanol–water partition coefficient (Wildman–Crippen LogP) is 8.35. The van der Waals surface area contributed by atoms with E-state index in [4.69, 9.17) is 23.7 Å². The van der Waals surface area contributed by atoms with Crippen LogP contribution in [0.1, 0.15) is 28.7 Å². The second kappa shape index (κ2) is 16.3. The number of nitrogens with zero attached hydrogens (tertiary/aromatic N) is 1. The lowest BCUT2D eigenvalue weighted by molar-refractivity contribution is -0.384. The molecule has 0 aliphatic rings. The number of non-ortho nitro benzene ring substituents is 1. The Morgan fingerprint density at radius 1 is 0.694 bits per heavy atom. The summed E-state index contributed by atoms with van der Waals surface area (Å²) in [5.41, 5.74) is 3.61. The third kappa shape index (κ3) is 8.57. The lowest BCUT2D eigenvalue weighted by Gasteiger charge is -2.35. The Labute approximate surface area is 287 Å². The van der Waals surface area contributed by atoms with Crippen molar-refractivity contribution in [1.82, 2.24) is 0 Å².